The van der Waals surface area contributed by atoms with E-state index in [9.17, 15) is 19.5 Å². The van der Waals surface area contributed by atoms with E-state index in [1.54, 1.807) is 32.7 Å². The molecule has 0 saturated carbocycles. The first kappa shape index (κ1) is 15.5. The second-order valence-electron chi connectivity index (χ2n) is 5.68. The zero-order valence-electron chi connectivity index (χ0n) is 12.0. The van der Waals surface area contributed by atoms with E-state index in [0.717, 1.165) is 0 Å². The van der Waals surface area contributed by atoms with Gasteiger partial charge in [0.1, 0.15) is 0 Å². The minimum Gasteiger partial charge on any atom is -0.481 e. The summed E-state index contributed by atoms with van der Waals surface area (Å²) >= 11 is 0. The smallest absolute Gasteiger partial charge is 0.310 e. The first-order valence-corrected chi connectivity index (χ1v) is 6.43. The summed E-state index contributed by atoms with van der Waals surface area (Å²) in [5.74, 6) is -1.50. The van der Waals surface area contributed by atoms with Crippen LogP contribution in [-0.2, 0) is 14.4 Å². The molecule has 1 rings (SSSR count). The van der Waals surface area contributed by atoms with Crippen LogP contribution in [0.15, 0.2) is 0 Å². The Bertz CT molecular complexity index is 394. The third-order valence-electron chi connectivity index (χ3n) is 4.09. The molecule has 1 N–H and O–H groups in total. The van der Waals surface area contributed by atoms with Crippen LogP contribution in [0.25, 0.3) is 0 Å². The Kier molecular flexibility index (Phi) is 4.55. The van der Waals surface area contributed by atoms with Gasteiger partial charge in [0.2, 0.25) is 11.8 Å². The number of likely N-dealkylation sites (N-methyl/N-ethyl adjacent to an activating group) is 1. The highest BCUT2D eigenvalue weighted by Gasteiger charge is 2.40. The molecule has 19 heavy (non-hydrogen) atoms. The molecule has 0 radical (unpaired) electrons. The Hall–Kier alpha value is -1.59. The molecule has 1 aliphatic heterocycles. The molecule has 0 spiro atoms. The van der Waals surface area contributed by atoms with Gasteiger partial charge in [0.25, 0.3) is 0 Å². The molecule has 1 unspecified atom stereocenters. The van der Waals surface area contributed by atoms with Crippen molar-refractivity contribution < 1.29 is 19.5 Å². The molecule has 0 aromatic rings. The van der Waals surface area contributed by atoms with E-state index in [1.165, 1.54) is 4.90 Å². The lowest BCUT2D eigenvalue weighted by Crippen LogP contribution is -2.52. The van der Waals surface area contributed by atoms with E-state index >= 15 is 0 Å². The fourth-order valence-electron chi connectivity index (χ4n) is 1.92. The minimum absolute atomic E-state index is 0.0448. The molecule has 6 heteroatoms. The minimum atomic E-state index is -1.09. The number of rotatable bonds is 4. The lowest BCUT2D eigenvalue weighted by Gasteiger charge is -2.35. The fraction of sp³-hybridized carbons (Fsp3) is 0.769. The maximum Gasteiger partial charge on any atom is 0.310 e. The number of carboxylic acids is 1. The SMILES string of the molecule is CC(C)C(C)(CC(=O)N1CCN(C)C(=O)C1)C(=O)O. The quantitative estimate of drug-likeness (QED) is 0.803. The second kappa shape index (κ2) is 5.59. The van der Waals surface area contributed by atoms with Gasteiger partial charge in [-0.15, -0.1) is 0 Å². The summed E-state index contributed by atoms with van der Waals surface area (Å²) in [5.41, 5.74) is -1.09. The summed E-state index contributed by atoms with van der Waals surface area (Å²) in [5, 5.41) is 9.30. The van der Waals surface area contributed by atoms with Crippen molar-refractivity contribution in [3.63, 3.8) is 0 Å². The van der Waals surface area contributed by atoms with Gasteiger partial charge in [0, 0.05) is 26.6 Å². The number of carbonyl (C=O) groups excluding carboxylic acids is 2. The molecule has 1 aliphatic rings. The van der Waals surface area contributed by atoms with E-state index in [4.69, 9.17) is 0 Å². The summed E-state index contributed by atoms with van der Waals surface area (Å²) in [7, 11) is 1.69. The molecule has 1 atom stereocenters. The average molecular weight is 270 g/mol. The maximum absolute atomic E-state index is 12.2. The highest BCUT2D eigenvalue weighted by atomic mass is 16.4. The molecular formula is C13H22N2O4. The Morgan fingerprint density at radius 3 is 2.37 bits per heavy atom. The summed E-state index contributed by atoms with van der Waals surface area (Å²) in [4.78, 5) is 38.1. The van der Waals surface area contributed by atoms with Crippen LogP contribution in [0, 0.1) is 11.3 Å². The third kappa shape index (κ3) is 3.24. The van der Waals surface area contributed by atoms with Crippen LogP contribution in [0.5, 0.6) is 0 Å². The summed E-state index contributed by atoms with van der Waals surface area (Å²) in [6, 6.07) is 0. The van der Waals surface area contributed by atoms with Crippen LogP contribution in [0.1, 0.15) is 27.2 Å². The molecule has 1 fully saturated rings. The molecule has 1 heterocycles. The van der Waals surface area contributed by atoms with Crippen LogP contribution in [0.4, 0.5) is 0 Å². The van der Waals surface area contributed by atoms with Gasteiger partial charge in [-0.1, -0.05) is 13.8 Å². The Morgan fingerprint density at radius 2 is 1.95 bits per heavy atom. The first-order chi connectivity index (χ1) is 8.68. The molecule has 0 aromatic heterocycles. The Labute approximate surface area is 113 Å². The zero-order chi connectivity index (χ0) is 14.8. The van der Waals surface area contributed by atoms with E-state index < -0.39 is 11.4 Å². The van der Waals surface area contributed by atoms with E-state index in [0.29, 0.717) is 13.1 Å². The van der Waals surface area contributed by atoms with Gasteiger partial charge in [-0.2, -0.15) is 0 Å². The van der Waals surface area contributed by atoms with E-state index in [2.05, 4.69) is 0 Å². The largest absolute Gasteiger partial charge is 0.481 e. The molecule has 108 valence electrons. The maximum atomic E-state index is 12.2. The van der Waals surface area contributed by atoms with Gasteiger partial charge in [0.15, 0.2) is 0 Å². The van der Waals surface area contributed by atoms with Crippen LogP contribution in [0.2, 0.25) is 0 Å². The van der Waals surface area contributed by atoms with Crippen molar-refractivity contribution in [1.82, 2.24) is 9.80 Å². The van der Waals surface area contributed by atoms with Gasteiger partial charge in [0.05, 0.1) is 12.0 Å². The third-order valence-corrected chi connectivity index (χ3v) is 4.09. The standard InChI is InChI=1S/C13H22N2O4/c1-9(2)13(3,12(18)19)7-10(16)15-6-5-14(4)11(17)8-15/h9H,5-8H2,1-4H3,(H,18,19). The zero-order valence-corrected chi connectivity index (χ0v) is 12.0. The van der Waals surface area contributed by atoms with Crippen LogP contribution in [-0.4, -0.2) is 59.4 Å². The van der Waals surface area contributed by atoms with E-state index in [-0.39, 0.29) is 30.7 Å². The van der Waals surface area contributed by atoms with Crippen molar-refractivity contribution in [3.05, 3.63) is 0 Å². The Balaban J connectivity index is 2.74. The molecule has 0 aromatic carbocycles. The number of piperazine rings is 1. The number of aliphatic carboxylic acids is 1. The number of hydrogen-bond acceptors (Lipinski definition) is 3. The molecule has 0 bridgehead atoms. The van der Waals surface area contributed by atoms with Gasteiger partial charge in [-0.05, 0) is 12.8 Å². The Morgan fingerprint density at radius 1 is 1.37 bits per heavy atom. The number of amides is 2. The monoisotopic (exact) mass is 270 g/mol. The number of nitrogens with zero attached hydrogens (tertiary/aromatic N) is 2. The normalized spacial score (nSPS) is 19.5. The van der Waals surface area contributed by atoms with Gasteiger partial charge in [-0.3, -0.25) is 14.4 Å². The van der Waals surface area contributed by atoms with Crippen molar-refractivity contribution in [2.24, 2.45) is 11.3 Å². The number of carbonyl (C=O) groups is 3. The summed E-state index contributed by atoms with van der Waals surface area (Å²) < 4.78 is 0. The van der Waals surface area contributed by atoms with Crippen molar-refractivity contribution in [2.45, 2.75) is 27.2 Å². The summed E-state index contributed by atoms with van der Waals surface area (Å²) in [6.07, 6.45) is -0.0724. The lowest BCUT2D eigenvalue weighted by atomic mass is 9.76. The fourth-order valence-corrected chi connectivity index (χ4v) is 1.92. The van der Waals surface area contributed by atoms with Crippen molar-refractivity contribution in [3.8, 4) is 0 Å². The molecule has 0 aliphatic carbocycles. The van der Waals surface area contributed by atoms with Gasteiger partial charge in [-0.25, -0.2) is 0 Å². The number of hydrogen-bond donors (Lipinski definition) is 1. The topological polar surface area (TPSA) is 77.9 Å². The average Bonchev–Trinajstić information content (AvgIpc) is 2.31. The van der Waals surface area contributed by atoms with Gasteiger partial charge < -0.3 is 14.9 Å². The molecule has 2 amide bonds. The summed E-state index contributed by atoms with van der Waals surface area (Å²) in [6.45, 7) is 6.16. The van der Waals surface area contributed by atoms with Crippen molar-refractivity contribution >= 4 is 17.8 Å². The predicted octanol–water partition coefficient (Wildman–Crippen LogP) is 0.424. The molecule has 6 nitrogen and oxygen atoms in total. The van der Waals surface area contributed by atoms with Gasteiger partial charge >= 0.3 is 5.97 Å². The van der Waals surface area contributed by atoms with Crippen LogP contribution >= 0.6 is 0 Å². The van der Waals surface area contributed by atoms with Crippen molar-refractivity contribution in [2.75, 3.05) is 26.7 Å². The van der Waals surface area contributed by atoms with Crippen LogP contribution < -0.4 is 0 Å². The molecule has 1 saturated heterocycles. The van der Waals surface area contributed by atoms with Crippen molar-refractivity contribution in [1.29, 1.82) is 0 Å². The highest BCUT2D eigenvalue weighted by molar-refractivity contribution is 5.89. The number of carboxylic acid groups (broad SMARTS) is 1. The highest BCUT2D eigenvalue weighted by Crippen LogP contribution is 2.32. The first-order valence-electron chi connectivity index (χ1n) is 6.43. The predicted molar refractivity (Wildman–Crippen MR) is 69.4 cm³/mol. The van der Waals surface area contributed by atoms with E-state index in [1.807, 2.05) is 0 Å². The second-order valence-corrected chi connectivity index (χ2v) is 5.68. The lowest BCUT2D eigenvalue weighted by molar-refractivity contribution is -0.156. The van der Waals surface area contributed by atoms with Crippen LogP contribution in [0.3, 0.4) is 0 Å². The molecular weight excluding hydrogens is 248 g/mol.